The molecular formula is C11H16N4O2S. The van der Waals surface area contributed by atoms with E-state index in [1.807, 2.05) is 13.0 Å². The molecule has 0 saturated heterocycles. The van der Waals surface area contributed by atoms with Gasteiger partial charge < -0.3 is 16.3 Å². The minimum atomic E-state index is -0.0226. The maximum atomic E-state index is 11.2. The van der Waals surface area contributed by atoms with E-state index in [2.05, 4.69) is 15.5 Å². The standard InChI is InChI=1S/C11H16N4O2S/c1-2-13-10(16)7-18-6-8-3-4-14-9(5-8)11(12)15-17/h3-5,17H,2,6-7H2,1H3,(H2,12,15)(H,13,16). The Hall–Kier alpha value is -1.76. The first kappa shape index (κ1) is 14.3. The Labute approximate surface area is 110 Å². The van der Waals surface area contributed by atoms with Crippen LogP contribution < -0.4 is 11.1 Å². The van der Waals surface area contributed by atoms with Crippen molar-refractivity contribution in [2.45, 2.75) is 12.7 Å². The lowest BCUT2D eigenvalue weighted by Gasteiger charge is -2.04. The lowest BCUT2D eigenvalue weighted by atomic mass is 10.2. The van der Waals surface area contributed by atoms with Gasteiger partial charge in [-0.15, -0.1) is 11.8 Å². The van der Waals surface area contributed by atoms with Crippen LogP contribution in [0.5, 0.6) is 0 Å². The Morgan fingerprint density at radius 2 is 2.44 bits per heavy atom. The van der Waals surface area contributed by atoms with Gasteiger partial charge >= 0.3 is 0 Å². The van der Waals surface area contributed by atoms with E-state index in [-0.39, 0.29) is 11.7 Å². The fraction of sp³-hybridized carbons (Fsp3) is 0.364. The quantitative estimate of drug-likeness (QED) is 0.303. The number of nitrogens with zero attached hydrogens (tertiary/aromatic N) is 2. The van der Waals surface area contributed by atoms with E-state index in [0.717, 1.165) is 5.56 Å². The monoisotopic (exact) mass is 268 g/mol. The van der Waals surface area contributed by atoms with E-state index < -0.39 is 0 Å². The normalized spacial score (nSPS) is 11.3. The Bertz CT molecular complexity index is 437. The summed E-state index contributed by atoms with van der Waals surface area (Å²) in [4.78, 5) is 15.2. The summed E-state index contributed by atoms with van der Waals surface area (Å²) in [5, 5.41) is 14.2. The molecule has 6 nitrogen and oxygen atoms in total. The van der Waals surface area contributed by atoms with Crippen molar-refractivity contribution in [3.05, 3.63) is 29.6 Å². The number of hydrogen-bond donors (Lipinski definition) is 3. The van der Waals surface area contributed by atoms with E-state index in [9.17, 15) is 4.79 Å². The SMILES string of the molecule is CCNC(=O)CSCc1ccnc(/C(N)=N/O)c1. The van der Waals surface area contributed by atoms with Crippen LogP contribution in [0.1, 0.15) is 18.2 Å². The van der Waals surface area contributed by atoms with Gasteiger partial charge in [-0.25, -0.2) is 0 Å². The van der Waals surface area contributed by atoms with Crippen LogP contribution in [0.2, 0.25) is 0 Å². The molecule has 18 heavy (non-hydrogen) atoms. The number of nitrogens with two attached hydrogens (primary N) is 1. The van der Waals surface area contributed by atoms with Gasteiger partial charge in [0.25, 0.3) is 0 Å². The van der Waals surface area contributed by atoms with Crippen molar-refractivity contribution in [3.63, 3.8) is 0 Å². The van der Waals surface area contributed by atoms with Gasteiger partial charge in [0.15, 0.2) is 5.84 Å². The third-order valence-corrected chi connectivity index (χ3v) is 3.07. The van der Waals surface area contributed by atoms with Crippen molar-refractivity contribution >= 4 is 23.5 Å². The Morgan fingerprint density at radius 3 is 3.11 bits per heavy atom. The van der Waals surface area contributed by atoms with Crippen LogP contribution in [0.4, 0.5) is 0 Å². The van der Waals surface area contributed by atoms with Crippen molar-refractivity contribution < 1.29 is 10.0 Å². The molecule has 98 valence electrons. The lowest BCUT2D eigenvalue weighted by molar-refractivity contribution is -0.118. The molecule has 0 atom stereocenters. The Kier molecular flexibility index (Phi) is 5.99. The summed E-state index contributed by atoms with van der Waals surface area (Å²) >= 11 is 1.50. The molecule has 0 aromatic carbocycles. The summed E-state index contributed by atoms with van der Waals surface area (Å²) < 4.78 is 0. The Balaban J connectivity index is 2.50. The molecule has 0 fully saturated rings. The molecule has 7 heteroatoms. The van der Waals surface area contributed by atoms with Gasteiger partial charge in [0.2, 0.25) is 5.91 Å². The predicted molar refractivity (Wildman–Crippen MR) is 71.6 cm³/mol. The predicted octanol–water partition coefficient (Wildman–Crippen LogP) is 0.545. The minimum Gasteiger partial charge on any atom is -0.409 e. The highest BCUT2D eigenvalue weighted by Gasteiger charge is 2.04. The summed E-state index contributed by atoms with van der Waals surface area (Å²) in [6, 6.07) is 3.57. The second-order valence-corrected chi connectivity index (χ2v) is 4.47. The number of nitrogens with one attached hydrogen (secondary N) is 1. The smallest absolute Gasteiger partial charge is 0.229 e. The van der Waals surface area contributed by atoms with Crippen LogP contribution in [-0.2, 0) is 10.5 Å². The number of amides is 1. The van der Waals surface area contributed by atoms with Gasteiger partial charge in [-0.05, 0) is 24.6 Å². The number of hydrogen-bond acceptors (Lipinski definition) is 5. The molecule has 0 spiro atoms. The molecule has 0 aliphatic heterocycles. The number of oxime groups is 1. The highest BCUT2D eigenvalue weighted by Crippen LogP contribution is 2.12. The minimum absolute atomic E-state index is 0.0215. The average Bonchev–Trinajstić information content (AvgIpc) is 2.38. The highest BCUT2D eigenvalue weighted by atomic mass is 32.2. The molecule has 0 saturated carbocycles. The van der Waals surface area contributed by atoms with Gasteiger partial charge in [0, 0.05) is 18.5 Å². The molecule has 0 aliphatic carbocycles. The van der Waals surface area contributed by atoms with Crippen molar-refractivity contribution in [2.75, 3.05) is 12.3 Å². The van der Waals surface area contributed by atoms with Crippen LogP contribution >= 0.6 is 11.8 Å². The molecule has 0 radical (unpaired) electrons. The molecular weight excluding hydrogens is 252 g/mol. The van der Waals surface area contributed by atoms with Crippen molar-refractivity contribution in [2.24, 2.45) is 10.9 Å². The summed E-state index contributed by atoms with van der Waals surface area (Å²) in [6.45, 7) is 2.52. The van der Waals surface area contributed by atoms with E-state index in [0.29, 0.717) is 23.7 Å². The maximum Gasteiger partial charge on any atom is 0.229 e. The highest BCUT2D eigenvalue weighted by molar-refractivity contribution is 7.99. The van der Waals surface area contributed by atoms with Crippen LogP contribution in [-0.4, -0.2) is 34.2 Å². The molecule has 4 N–H and O–H groups in total. The molecule has 1 amide bonds. The fourth-order valence-corrected chi connectivity index (χ4v) is 2.07. The zero-order chi connectivity index (χ0) is 13.4. The zero-order valence-electron chi connectivity index (χ0n) is 10.1. The second kappa shape index (κ2) is 7.54. The first-order valence-corrected chi connectivity index (χ1v) is 6.60. The zero-order valence-corrected chi connectivity index (χ0v) is 10.9. The fourth-order valence-electron chi connectivity index (χ4n) is 1.27. The van der Waals surface area contributed by atoms with Crippen LogP contribution in [0.15, 0.2) is 23.5 Å². The first-order valence-electron chi connectivity index (χ1n) is 5.44. The van der Waals surface area contributed by atoms with Gasteiger partial charge in [-0.1, -0.05) is 5.16 Å². The Morgan fingerprint density at radius 1 is 1.67 bits per heavy atom. The molecule has 0 bridgehead atoms. The lowest BCUT2D eigenvalue weighted by Crippen LogP contribution is -2.24. The number of carbonyl (C=O) groups excluding carboxylic acids is 1. The number of carbonyl (C=O) groups is 1. The number of rotatable bonds is 6. The van der Waals surface area contributed by atoms with Gasteiger partial charge in [0.05, 0.1) is 5.75 Å². The van der Waals surface area contributed by atoms with Crippen molar-refractivity contribution in [1.29, 1.82) is 0 Å². The third kappa shape index (κ3) is 4.62. The summed E-state index contributed by atoms with van der Waals surface area (Å²) in [7, 11) is 0. The van der Waals surface area contributed by atoms with E-state index >= 15 is 0 Å². The van der Waals surface area contributed by atoms with Gasteiger partial charge in [-0.3, -0.25) is 9.78 Å². The average molecular weight is 268 g/mol. The van der Waals surface area contributed by atoms with E-state index in [4.69, 9.17) is 10.9 Å². The molecule has 0 aliphatic rings. The number of pyridine rings is 1. The maximum absolute atomic E-state index is 11.2. The summed E-state index contributed by atoms with van der Waals surface area (Å²) in [6.07, 6.45) is 1.59. The van der Waals surface area contributed by atoms with E-state index in [1.54, 1.807) is 12.3 Å². The largest absolute Gasteiger partial charge is 0.409 e. The molecule has 0 unspecified atom stereocenters. The van der Waals surface area contributed by atoms with Crippen LogP contribution in [0.3, 0.4) is 0 Å². The third-order valence-electron chi connectivity index (χ3n) is 2.07. The number of amidine groups is 1. The van der Waals surface area contributed by atoms with Crippen molar-refractivity contribution in [3.8, 4) is 0 Å². The van der Waals surface area contributed by atoms with Gasteiger partial charge in [0.1, 0.15) is 5.69 Å². The van der Waals surface area contributed by atoms with Crippen molar-refractivity contribution in [1.82, 2.24) is 10.3 Å². The molecule has 1 rings (SSSR count). The first-order chi connectivity index (χ1) is 8.67. The summed E-state index contributed by atoms with van der Waals surface area (Å²) in [5.74, 6) is 1.08. The number of aromatic nitrogens is 1. The topological polar surface area (TPSA) is 101 Å². The van der Waals surface area contributed by atoms with Gasteiger partial charge in [-0.2, -0.15) is 0 Å². The van der Waals surface area contributed by atoms with E-state index in [1.165, 1.54) is 11.8 Å². The number of thioether (sulfide) groups is 1. The molecule has 1 aromatic rings. The van der Waals surface area contributed by atoms with Crippen LogP contribution in [0, 0.1) is 0 Å². The molecule has 1 aromatic heterocycles. The van der Waals surface area contributed by atoms with Crippen LogP contribution in [0.25, 0.3) is 0 Å². The second-order valence-electron chi connectivity index (χ2n) is 3.48. The molecule has 1 heterocycles. The summed E-state index contributed by atoms with van der Waals surface area (Å²) in [5.41, 5.74) is 6.84.